The quantitative estimate of drug-likeness (QED) is 0.422. The molecular formula is C12H14N2O7. The Morgan fingerprint density at radius 3 is 2.38 bits per heavy atom. The molecule has 2 aliphatic carbocycles. The third kappa shape index (κ3) is 2.34. The standard InChI is InChI=1S/C12H14N2O7/c1-7(15)21-11-10(13(16)17)9(20-2)5-6-12(11,14(18)19)8-3-4-8/h5-6,8,11H,3-4H2,1-2H3. The van der Waals surface area contributed by atoms with Crippen LogP contribution in [-0.2, 0) is 14.3 Å². The normalized spacial score (nSPS) is 28.2. The van der Waals surface area contributed by atoms with Gasteiger partial charge in [0.2, 0.25) is 0 Å². The van der Waals surface area contributed by atoms with E-state index in [0.29, 0.717) is 12.8 Å². The number of nitrogens with zero attached hydrogens (tertiary/aromatic N) is 2. The van der Waals surface area contributed by atoms with Crippen molar-refractivity contribution < 1.29 is 24.1 Å². The zero-order valence-electron chi connectivity index (χ0n) is 11.5. The largest absolute Gasteiger partial charge is 0.490 e. The van der Waals surface area contributed by atoms with E-state index in [1.807, 2.05) is 0 Å². The van der Waals surface area contributed by atoms with Crippen LogP contribution in [0.15, 0.2) is 23.6 Å². The van der Waals surface area contributed by atoms with Crippen LogP contribution in [0.2, 0.25) is 0 Å². The summed E-state index contributed by atoms with van der Waals surface area (Å²) in [6.07, 6.45) is 1.95. The first-order valence-electron chi connectivity index (χ1n) is 6.28. The monoisotopic (exact) mass is 298 g/mol. The summed E-state index contributed by atoms with van der Waals surface area (Å²) in [5.41, 5.74) is -2.41. The van der Waals surface area contributed by atoms with Gasteiger partial charge in [-0.3, -0.25) is 25.0 Å². The van der Waals surface area contributed by atoms with Crippen LogP contribution in [0, 0.1) is 26.1 Å². The van der Waals surface area contributed by atoms with Crippen molar-refractivity contribution in [2.24, 2.45) is 5.92 Å². The van der Waals surface area contributed by atoms with E-state index < -0.39 is 39.1 Å². The average Bonchev–Trinajstić information content (AvgIpc) is 3.21. The van der Waals surface area contributed by atoms with E-state index in [0.717, 1.165) is 6.92 Å². The molecule has 0 aromatic heterocycles. The second kappa shape index (κ2) is 5.15. The van der Waals surface area contributed by atoms with Gasteiger partial charge < -0.3 is 9.47 Å². The first-order chi connectivity index (χ1) is 9.84. The fraction of sp³-hybridized carbons (Fsp3) is 0.583. The number of nitro groups is 2. The summed E-state index contributed by atoms with van der Waals surface area (Å²) in [6.45, 7) is 1.06. The number of hydrogen-bond donors (Lipinski definition) is 0. The van der Waals surface area contributed by atoms with Gasteiger partial charge in [-0.1, -0.05) is 0 Å². The van der Waals surface area contributed by atoms with Gasteiger partial charge in [-0.15, -0.1) is 0 Å². The highest BCUT2D eigenvalue weighted by atomic mass is 16.7. The second-order valence-electron chi connectivity index (χ2n) is 4.95. The minimum atomic E-state index is -1.81. The second-order valence-corrected chi connectivity index (χ2v) is 4.95. The van der Waals surface area contributed by atoms with Crippen LogP contribution in [0.3, 0.4) is 0 Å². The van der Waals surface area contributed by atoms with Crippen LogP contribution in [0.4, 0.5) is 0 Å². The van der Waals surface area contributed by atoms with Gasteiger partial charge in [0, 0.05) is 23.8 Å². The number of ether oxygens (including phenoxy) is 2. The predicted octanol–water partition coefficient (Wildman–Crippen LogP) is 1.05. The summed E-state index contributed by atoms with van der Waals surface area (Å²) in [5, 5.41) is 22.9. The van der Waals surface area contributed by atoms with Gasteiger partial charge in [0.1, 0.15) is 0 Å². The van der Waals surface area contributed by atoms with Crippen molar-refractivity contribution in [3.63, 3.8) is 0 Å². The Morgan fingerprint density at radius 1 is 1.38 bits per heavy atom. The molecule has 0 N–H and O–H groups in total. The Bertz CT molecular complexity index is 564. The molecule has 21 heavy (non-hydrogen) atoms. The molecule has 0 aliphatic heterocycles. The van der Waals surface area contributed by atoms with Gasteiger partial charge in [-0.05, 0) is 18.9 Å². The molecule has 9 heteroatoms. The summed E-state index contributed by atoms with van der Waals surface area (Å²) < 4.78 is 9.85. The number of allylic oxidation sites excluding steroid dienone is 1. The van der Waals surface area contributed by atoms with Crippen molar-refractivity contribution >= 4 is 5.97 Å². The molecule has 1 saturated carbocycles. The highest BCUT2D eigenvalue weighted by Gasteiger charge is 2.67. The molecule has 0 saturated heterocycles. The van der Waals surface area contributed by atoms with Crippen LogP contribution in [0.25, 0.3) is 0 Å². The lowest BCUT2D eigenvalue weighted by Crippen LogP contribution is -2.55. The predicted molar refractivity (Wildman–Crippen MR) is 68.2 cm³/mol. The Morgan fingerprint density at radius 2 is 2.00 bits per heavy atom. The van der Waals surface area contributed by atoms with Crippen molar-refractivity contribution in [3.05, 3.63) is 43.8 Å². The molecule has 2 rings (SSSR count). The molecule has 114 valence electrons. The molecule has 2 atom stereocenters. The molecule has 0 aromatic carbocycles. The zero-order chi connectivity index (χ0) is 15.8. The van der Waals surface area contributed by atoms with Crippen molar-refractivity contribution in [2.75, 3.05) is 7.11 Å². The van der Waals surface area contributed by atoms with E-state index >= 15 is 0 Å². The molecule has 0 aromatic rings. The Kier molecular flexibility index (Phi) is 3.67. The topological polar surface area (TPSA) is 122 Å². The van der Waals surface area contributed by atoms with Gasteiger partial charge in [0.05, 0.1) is 12.0 Å². The fourth-order valence-electron chi connectivity index (χ4n) is 2.61. The van der Waals surface area contributed by atoms with Gasteiger partial charge in [-0.2, -0.15) is 0 Å². The van der Waals surface area contributed by atoms with E-state index in [-0.39, 0.29) is 5.76 Å². The Labute approximate surface area is 119 Å². The number of esters is 1. The summed E-state index contributed by atoms with van der Waals surface area (Å²) >= 11 is 0. The minimum Gasteiger partial charge on any atom is -0.490 e. The molecule has 0 spiro atoms. The van der Waals surface area contributed by atoms with Crippen molar-refractivity contribution in [3.8, 4) is 0 Å². The number of methoxy groups -OCH3 is 1. The van der Waals surface area contributed by atoms with Gasteiger partial charge in [-0.25, -0.2) is 0 Å². The average molecular weight is 298 g/mol. The summed E-state index contributed by atoms with van der Waals surface area (Å²) in [7, 11) is 1.21. The summed E-state index contributed by atoms with van der Waals surface area (Å²) in [4.78, 5) is 32.8. The molecule has 0 bridgehead atoms. The first kappa shape index (κ1) is 14.9. The third-order valence-corrected chi connectivity index (χ3v) is 3.67. The van der Waals surface area contributed by atoms with Crippen molar-refractivity contribution in [2.45, 2.75) is 31.4 Å². The number of carbonyl (C=O) groups is 1. The number of rotatable bonds is 5. The summed E-state index contributed by atoms with van der Waals surface area (Å²) in [5.74, 6) is -1.37. The molecule has 2 unspecified atom stereocenters. The molecule has 1 fully saturated rings. The molecule has 0 heterocycles. The molecule has 9 nitrogen and oxygen atoms in total. The summed E-state index contributed by atoms with van der Waals surface area (Å²) in [6, 6.07) is 0. The molecule has 0 amide bonds. The first-order valence-corrected chi connectivity index (χ1v) is 6.28. The Balaban J connectivity index is 2.60. The lowest BCUT2D eigenvalue weighted by atomic mass is 9.81. The van der Waals surface area contributed by atoms with Crippen molar-refractivity contribution in [1.82, 2.24) is 0 Å². The highest BCUT2D eigenvalue weighted by Crippen LogP contribution is 2.49. The lowest BCUT2D eigenvalue weighted by molar-refractivity contribution is -0.580. The van der Waals surface area contributed by atoms with E-state index in [1.54, 1.807) is 0 Å². The van der Waals surface area contributed by atoms with E-state index in [2.05, 4.69) is 0 Å². The van der Waals surface area contributed by atoms with E-state index in [1.165, 1.54) is 19.3 Å². The fourth-order valence-corrected chi connectivity index (χ4v) is 2.61. The molecular weight excluding hydrogens is 284 g/mol. The van der Waals surface area contributed by atoms with Crippen molar-refractivity contribution in [1.29, 1.82) is 0 Å². The number of carbonyl (C=O) groups excluding carboxylic acids is 1. The van der Waals surface area contributed by atoms with Gasteiger partial charge in [0.15, 0.2) is 5.76 Å². The van der Waals surface area contributed by atoms with E-state index in [9.17, 15) is 25.0 Å². The van der Waals surface area contributed by atoms with E-state index in [4.69, 9.17) is 9.47 Å². The maximum Gasteiger partial charge on any atom is 0.335 e. The van der Waals surface area contributed by atoms with Crippen LogP contribution in [-0.4, -0.2) is 34.6 Å². The third-order valence-electron chi connectivity index (χ3n) is 3.67. The maximum absolute atomic E-state index is 11.6. The van der Waals surface area contributed by atoms with Gasteiger partial charge >= 0.3 is 11.7 Å². The van der Waals surface area contributed by atoms with Gasteiger partial charge in [0.25, 0.3) is 11.6 Å². The SMILES string of the molecule is COC1=C([N+](=O)[O-])C(OC(C)=O)C(C2CC2)([N+](=O)[O-])C=C1. The molecule has 2 aliphatic rings. The zero-order valence-corrected chi connectivity index (χ0v) is 11.5. The van der Waals surface area contributed by atoms with Crippen LogP contribution in [0.1, 0.15) is 19.8 Å². The van der Waals surface area contributed by atoms with Crippen LogP contribution < -0.4 is 0 Å². The minimum absolute atomic E-state index is 0.149. The number of hydrogen-bond acceptors (Lipinski definition) is 7. The lowest BCUT2D eigenvalue weighted by Gasteiger charge is -2.30. The molecule has 0 radical (unpaired) electrons. The highest BCUT2D eigenvalue weighted by molar-refractivity contribution is 5.67. The van der Waals surface area contributed by atoms with Crippen LogP contribution >= 0.6 is 0 Å². The van der Waals surface area contributed by atoms with Crippen LogP contribution in [0.5, 0.6) is 0 Å². The smallest absolute Gasteiger partial charge is 0.335 e. The maximum atomic E-state index is 11.6. The Hall–Kier alpha value is -2.45.